The van der Waals surface area contributed by atoms with Crippen LogP contribution in [0.15, 0.2) is 24.3 Å². The van der Waals surface area contributed by atoms with Gasteiger partial charge in [-0.1, -0.05) is 25.5 Å². The number of carbonyl (C=O) groups is 1. The van der Waals surface area contributed by atoms with Crippen molar-refractivity contribution in [2.45, 2.75) is 39.2 Å². The van der Waals surface area contributed by atoms with E-state index in [1.807, 2.05) is 45.0 Å². The molecule has 0 aromatic heterocycles. The van der Waals surface area contributed by atoms with E-state index < -0.39 is 5.54 Å². The van der Waals surface area contributed by atoms with Crippen LogP contribution in [0.25, 0.3) is 0 Å². The monoisotopic (exact) mass is 250 g/mol. The van der Waals surface area contributed by atoms with Crippen LogP contribution in [-0.4, -0.2) is 23.3 Å². The number of urea groups is 1. The summed E-state index contributed by atoms with van der Waals surface area (Å²) in [6.07, 6.45) is 1.65. The van der Waals surface area contributed by atoms with Gasteiger partial charge in [0.2, 0.25) is 0 Å². The molecule has 0 radical (unpaired) electrons. The molecule has 1 aromatic carbocycles. The first kappa shape index (κ1) is 14.5. The lowest BCUT2D eigenvalue weighted by molar-refractivity contribution is 0.167. The first-order valence-electron chi connectivity index (χ1n) is 6.26. The summed E-state index contributed by atoms with van der Waals surface area (Å²) in [6.45, 7) is 5.76. The van der Waals surface area contributed by atoms with Crippen LogP contribution >= 0.6 is 0 Å². The zero-order valence-electron chi connectivity index (χ0n) is 11.3. The molecule has 2 amide bonds. The highest BCUT2D eigenvalue weighted by Crippen LogP contribution is 2.13. The Kier molecular flexibility index (Phi) is 5.16. The van der Waals surface area contributed by atoms with Gasteiger partial charge in [-0.05, 0) is 38.0 Å². The summed E-state index contributed by atoms with van der Waals surface area (Å²) in [6, 6.07) is 7.31. The highest BCUT2D eigenvalue weighted by Gasteiger charge is 2.24. The fraction of sp³-hybridized carbons (Fsp3) is 0.500. The predicted octanol–water partition coefficient (Wildman–Crippen LogP) is 2.67. The zero-order chi connectivity index (χ0) is 13.6. The van der Waals surface area contributed by atoms with Crippen LogP contribution in [0.5, 0.6) is 0 Å². The van der Waals surface area contributed by atoms with Crippen molar-refractivity contribution in [3.05, 3.63) is 29.8 Å². The molecule has 0 saturated heterocycles. The van der Waals surface area contributed by atoms with Crippen LogP contribution in [0.2, 0.25) is 0 Å². The van der Waals surface area contributed by atoms with Gasteiger partial charge >= 0.3 is 6.03 Å². The second-order valence-electron chi connectivity index (χ2n) is 4.92. The van der Waals surface area contributed by atoms with Crippen molar-refractivity contribution < 1.29 is 9.90 Å². The Hall–Kier alpha value is -1.55. The molecule has 0 aliphatic heterocycles. The normalized spacial score (nSPS) is 13.8. The topological polar surface area (TPSA) is 61.4 Å². The van der Waals surface area contributed by atoms with Crippen molar-refractivity contribution in [3.63, 3.8) is 0 Å². The van der Waals surface area contributed by atoms with Crippen LogP contribution in [0.1, 0.15) is 32.3 Å². The SMILES string of the molecule is CCCC(C)(CO)NC(=O)Nc1cccc(C)c1. The summed E-state index contributed by atoms with van der Waals surface area (Å²) in [4.78, 5) is 11.8. The number of hydrogen-bond acceptors (Lipinski definition) is 2. The van der Waals surface area contributed by atoms with E-state index in [2.05, 4.69) is 10.6 Å². The Morgan fingerprint density at radius 3 is 2.72 bits per heavy atom. The number of carbonyl (C=O) groups excluding carboxylic acids is 1. The molecule has 4 nitrogen and oxygen atoms in total. The molecule has 1 rings (SSSR count). The molecular weight excluding hydrogens is 228 g/mol. The number of benzene rings is 1. The smallest absolute Gasteiger partial charge is 0.319 e. The van der Waals surface area contributed by atoms with Crippen molar-refractivity contribution in [1.29, 1.82) is 0 Å². The van der Waals surface area contributed by atoms with Gasteiger partial charge in [0.25, 0.3) is 0 Å². The molecule has 0 aliphatic rings. The molecule has 1 atom stereocenters. The van der Waals surface area contributed by atoms with Crippen LogP contribution in [0.3, 0.4) is 0 Å². The largest absolute Gasteiger partial charge is 0.394 e. The molecule has 100 valence electrons. The zero-order valence-corrected chi connectivity index (χ0v) is 11.3. The van der Waals surface area contributed by atoms with E-state index in [0.29, 0.717) is 0 Å². The molecule has 3 N–H and O–H groups in total. The van der Waals surface area contributed by atoms with Gasteiger partial charge in [-0.2, -0.15) is 0 Å². The van der Waals surface area contributed by atoms with E-state index >= 15 is 0 Å². The van der Waals surface area contributed by atoms with E-state index in [1.54, 1.807) is 0 Å². The van der Waals surface area contributed by atoms with Gasteiger partial charge < -0.3 is 15.7 Å². The Morgan fingerprint density at radius 1 is 1.44 bits per heavy atom. The van der Waals surface area contributed by atoms with Gasteiger partial charge in [0, 0.05) is 5.69 Å². The van der Waals surface area contributed by atoms with Gasteiger partial charge in [-0.25, -0.2) is 4.79 Å². The summed E-state index contributed by atoms with van der Waals surface area (Å²) in [5.41, 5.74) is 1.28. The van der Waals surface area contributed by atoms with E-state index in [0.717, 1.165) is 24.1 Å². The standard InChI is InChI=1S/C14H22N2O2/c1-4-8-14(3,10-17)16-13(18)15-12-7-5-6-11(2)9-12/h5-7,9,17H,4,8,10H2,1-3H3,(H2,15,16,18). The number of hydrogen-bond donors (Lipinski definition) is 3. The maximum absolute atomic E-state index is 11.8. The van der Waals surface area contributed by atoms with Gasteiger partial charge in [0.15, 0.2) is 0 Å². The summed E-state index contributed by atoms with van der Waals surface area (Å²) in [7, 11) is 0. The maximum Gasteiger partial charge on any atom is 0.319 e. The highest BCUT2D eigenvalue weighted by atomic mass is 16.3. The summed E-state index contributed by atoms with van der Waals surface area (Å²) < 4.78 is 0. The number of aryl methyl sites for hydroxylation is 1. The van der Waals surface area contributed by atoms with Crippen LogP contribution in [0.4, 0.5) is 10.5 Å². The summed E-state index contributed by atoms with van der Waals surface area (Å²) in [5.74, 6) is 0. The average Bonchev–Trinajstić information content (AvgIpc) is 2.29. The second-order valence-corrected chi connectivity index (χ2v) is 4.92. The molecule has 18 heavy (non-hydrogen) atoms. The number of nitrogens with one attached hydrogen (secondary N) is 2. The minimum atomic E-state index is -0.567. The molecular formula is C14H22N2O2. The lowest BCUT2D eigenvalue weighted by Gasteiger charge is -2.28. The molecule has 1 unspecified atom stereocenters. The van der Waals surface area contributed by atoms with Gasteiger partial charge in [-0.15, -0.1) is 0 Å². The van der Waals surface area contributed by atoms with Crippen LogP contribution in [0, 0.1) is 6.92 Å². The number of amides is 2. The summed E-state index contributed by atoms with van der Waals surface area (Å²) >= 11 is 0. The Labute approximate surface area is 108 Å². The average molecular weight is 250 g/mol. The molecule has 0 saturated carbocycles. The predicted molar refractivity (Wildman–Crippen MR) is 73.7 cm³/mol. The molecule has 4 heteroatoms. The Balaban J connectivity index is 2.61. The Bertz CT molecular complexity index is 407. The van der Waals surface area contributed by atoms with E-state index in [4.69, 9.17) is 0 Å². The van der Waals surface area contributed by atoms with Crippen LogP contribution < -0.4 is 10.6 Å². The van der Waals surface area contributed by atoms with E-state index in [-0.39, 0.29) is 12.6 Å². The van der Waals surface area contributed by atoms with Crippen LogP contribution in [-0.2, 0) is 0 Å². The molecule has 0 spiro atoms. The fourth-order valence-corrected chi connectivity index (χ4v) is 1.89. The lowest BCUT2D eigenvalue weighted by Crippen LogP contribution is -2.50. The minimum absolute atomic E-state index is 0.0674. The number of aliphatic hydroxyl groups is 1. The first-order chi connectivity index (χ1) is 8.49. The molecule has 0 bridgehead atoms. The maximum atomic E-state index is 11.8. The fourth-order valence-electron chi connectivity index (χ4n) is 1.89. The van der Waals surface area contributed by atoms with Crippen molar-refractivity contribution in [3.8, 4) is 0 Å². The second kappa shape index (κ2) is 6.40. The van der Waals surface area contributed by atoms with Gasteiger partial charge in [-0.3, -0.25) is 0 Å². The van der Waals surface area contributed by atoms with E-state index in [1.165, 1.54) is 0 Å². The third kappa shape index (κ3) is 4.37. The van der Waals surface area contributed by atoms with Crippen molar-refractivity contribution in [1.82, 2.24) is 5.32 Å². The molecule has 0 aliphatic carbocycles. The third-order valence-corrected chi connectivity index (χ3v) is 2.84. The van der Waals surface area contributed by atoms with Gasteiger partial charge in [0.05, 0.1) is 12.1 Å². The van der Waals surface area contributed by atoms with Crippen molar-refractivity contribution in [2.24, 2.45) is 0 Å². The first-order valence-corrected chi connectivity index (χ1v) is 6.26. The number of aliphatic hydroxyl groups excluding tert-OH is 1. The molecule has 0 heterocycles. The number of anilines is 1. The number of rotatable bonds is 5. The third-order valence-electron chi connectivity index (χ3n) is 2.84. The lowest BCUT2D eigenvalue weighted by atomic mass is 9.98. The van der Waals surface area contributed by atoms with E-state index in [9.17, 15) is 9.90 Å². The van der Waals surface area contributed by atoms with Gasteiger partial charge in [0.1, 0.15) is 0 Å². The molecule has 1 aromatic rings. The quantitative estimate of drug-likeness (QED) is 0.752. The Morgan fingerprint density at radius 2 is 2.17 bits per heavy atom. The van der Waals surface area contributed by atoms with Crippen molar-refractivity contribution in [2.75, 3.05) is 11.9 Å². The molecule has 0 fully saturated rings. The minimum Gasteiger partial charge on any atom is -0.394 e. The summed E-state index contributed by atoms with van der Waals surface area (Å²) in [5, 5.41) is 14.9. The van der Waals surface area contributed by atoms with Crippen molar-refractivity contribution >= 4 is 11.7 Å². The highest BCUT2D eigenvalue weighted by molar-refractivity contribution is 5.89.